The number of hydrogen-bond acceptors (Lipinski definition) is 2. The van der Waals surface area contributed by atoms with Gasteiger partial charge in [0.15, 0.2) is 0 Å². The highest BCUT2D eigenvalue weighted by molar-refractivity contribution is 5.97. The number of nitrogens with one attached hydrogen (secondary N) is 1. The van der Waals surface area contributed by atoms with Gasteiger partial charge in [0.1, 0.15) is 5.82 Å². The van der Waals surface area contributed by atoms with Gasteiger partial charge in [0.2, 0.25) is 0 Å². The van der Waals surface area contributed by atoms with Crippen molar-refractivity contribution in [1.82, 2.24) is 15.1 Å². The molecule has 5 heteroatoms. The molecule has 0 aliphatic rings. The van der Waals surface area contributed by atoms with E-state index in [2.05, 4.69) is 24.3 Å². The fourth-order valence-electron chi connectivity index (χ4n) is 3.26. The van der Waals surface area contributed by atoms with Gasteiger partial charge in [0.05, 0.1) is 5.69 Å². The molecule has 1 heterocycles. The lowest BCUT2D eigenvalue weighted by atomic mass is 9.96. The van der Waals surface area contributed by atoms with E-state index in [1.54, 1.807) is 25.3 Å². The van der Waals surface area contributed by atoms with E-state index in [9.17, 15) is 9.18 Å². The third-order valence-corrected chi connectivity index (χ3v) is 4.63. The Balaban J connectivity index is 2.17. The van der Waals surface area contributed by atoms with E-state index in [4.69, 9.17) is 0 Å². The maximum absolute atomic E-state index is 13.8. The number of carbonyl (C=O) groups excluding carboxylic acids is 1. The molecule has 0 fully saturated rings. The highest BCUT2D eigenvalue weighted by Crippen LogP contribution is 2.30. The fourth-order valence-corrected chi connectivity index (χ4v) is 3.26. The van der Waals surface area contributed by atoms with Gasteiger partial charge in [-0.15, -0.1) is 0 Å². The van der Waals surface area contributed by atoms with E-state index in [0.717, 1.165) is 22.4 Å². The predicted octanol–water partition coefficient (Wildman–Crippen LogP) is 5.77. The predicted molar refractivity (Wildman–Crippen MR) is 115 cm³/mol. The number of aryl methyl sites for hydroxylation is 1. The Bertz CT molecular complexity index is 1040. The maximum atomic E-state index is 13.8. The molecule has 2 aromatic carbocycles. The minimum absolute atomic E-state index is 0.143. The van der Waals surface area contributed by atoms with Crippen LogP contribution in [0.5, 0.6) is 0 Å². The number of halogens is 1. The van der Waals surface area contributed by atoms with Crippen LogP contribution in [0.3, 0.4) is 0 Å². The van der Waals surface area contributed by atoms with Crippen molar-refractivity contribution < 1.29 is 9.18 Å². The minimum atomic E-state index is -0.348. The first kappa shape index (κ1) is 20.8. The van der Waals surface area contributed by atoms with E-state index in [1.165, 1.54) is 6.07 Å². The Hall–Kier alpha value is -2.95. The van der Waals surface area contributed by atoms with Crippen molar-refractivity contribution in [2.24, 2.45) is 0 Å². The largest absolute Gasteiger partial charge is 0.347 e. The summed E-state index contributed by atoms with van der Waals surface area (Å²) in [7, 11) is 0. The number of amides is 1. The first-order valence-corrected chi connectivity index (χ1v) is 9.83. The quantitative estimate of drug-likeness (QED) is 0.611. The zero-order valence-electron chi connectivity index (χ0n) is 17.9. The summed E-state index contributed by atoms with van der Waals surface area (Å²) < 4.78 is 15.7. The molecule has 0 saturated heterocycles. The molecule has 1 N–H and O–H groups in total. The summed E-state index contributed by atoms with van der Waals surface area (Å²) in [4.78, 5) is 12.9. The molecule has 0 radical (unpaired) electrons. The van der Waals surface area contributed by atoms with Gasteiger partial charge in [0.25, 0.3) is 5.91 Å². The standard InChI is InChI=1S/C24H28FN3O/c1-15(2)28-22(9-10-26-28)19-12-18(17-7-8-21(25)16(3)11-17)13-20(14-19)23(29)27-24(4,5)6/h7-15H,1-6H3,(H,27,29). The summed E-state index contributed by atoms with van der Waals surface area (Å²) in [5.41, 5.74) is 4.35. The molecule has 0 bridgehead atoms. The topological polar surface area (TPSA) is 46.9 Å². The lowest BCUT2D eigenvalue weighted by Crippen LogP contribution is -2.40. The Kier molecular flexibility index (Phi) is 5.60. The Morgan fingerprint density at radius 1 is 1.03 bits per heavy atom. The summed E-state index contributed by atoms with van der Waals surface area (Å²) in [6, 6.07) is 12.9. The van der Waals surface area contributed by atoms with Gasteiger partial charge in [-0.3, -0.25) is 9.48 Å². The monoisotopic (exact) mass is 393 g/mol. The number of aromatic nitrogens is 2. The Morgan fingerprint density at radius 2 is 1.72 bits per heavy atom. The van der Waals surface area contributed by atoms with Crippen molar-refractivity contribution >= 4 is 5.91 Å². The van der Waals surface area contributed by atoms with Gasteiger partial charge in [0, 0.05) is 28.9 Å². The van der Waals surface area contributed by atoms with E-state index >= 15 is 0 Å². The number of carbonyl (C=O) groups is 1. The summed E-state index contributed by atoms with van der Waals surface area (Å²) >= 11 is 0. The molecular weight excluding hydrogens is 365 g/mol. The molecule has 0 spiro atoms. The van der Waals surface area contributed by atoms with Crippen LogP contribution < -0.4 is 5.32 Å². The van der Waals surface area contributed by atoms with Gasteiger partial charge >= 0.3 is 0 Å². The van der Waals surface area contributed by atoms with Crippen molar-refractivity contribution in [3.8, 4) is 22.4 Å². The van der Waals surface area contributed by atoms with Gasteiger partial charge in [-0.25, -0.2) is 4.39 Å². The van der Waals surface area contributed by atoms with Gasteiger partial charge in [-0.05, 0) is 94.6 Å². The second-order valence-electron chi connectivity index (χ2n) is 8.72. The van der Waals surface area contributed by atoms with Crippen LogP contribution in [0, 0.1) is 12.7 Å². The smallest absolute Gasteiger partial charge is 0.251 e. The normalized spacial score (nSPS) is 11.7. The van der Waals surface area contributed by atoms with E-state index in [-0.39, 0.29) is 23.3 Å². The summed E-state index contributed by atoms with van der Waals surface area (Å²) in [5, 5.41) is 7.44. The molecule has 0 atom stereocenters. The average Bonchev–Trinajstić information content (AvgIpc) is 3.12. The van der Waals surface area contributed by atoms with Gasteiger partial charge < -0.3 is 5.32 Å². The number of benzene rings is 2. The molecule has 4 nitrogen and oxygen atoms in total. The van der Waals surface area contributed by atoms with Crippen molar-refractivity contribution in [3.63, 3.8) is 0 Å². The fraction of sp³-hybridized carbons (Fsp3) is 0.333. The van der Waals surface area contributed by atoms with Crippen LogP contribution in [0.25, 0.3) is 22.4 Å². The van der Waals surface area contributed by atoms with Crippen LogP contribution >= 0.6 is 0 Å². The number of rotatable bonds is 4. The average molecular weight is 394 g/mol. The molecule has 0 aliphatic heterocycles. The molecule has 1 amide bonds. The summed E-state index contributed by atoms with van der Waals surface area (Å²) in [6.07, 6.45) is 1.76. The van der Waals surface area contributed by atoms with Crippen LogP contribution in [-0.4, -0.2) is 21.2 Å². The van der Waals surface area contributed by atoms with Gasteiger partial charge in [-0.2, -0.15) is 5.10 Å². The lowest BCUT2D eigenvalue weighted by molar-refractivity contribution is 0.0919. The second-order valence-corrected chi connectivity index (χ2v) is 8.72. The number of hydrogen-bond donors (Lipinski definition) is 1. The van der Waals surface area contributed by atoms with E-state index in [1.807, 2.05) is 49.7 Å². The SMILES string of the molecule is Cc1cc(-c2cc(C(=O)NC(C)(C)C)cc(-c3ccnn3C(C)C)c2)ccc1F. The summed E-state index contributed by atoms with van der Waals surface area (Å²) in [5.74, 6) is -0.386. The highest BCUT2D eigenvalue weighted by Gasteiger charge is 2.18. The van der Waals surface area contributed by atoms with Crippen molar-refractivity contribution in [2.75, 3.05) is 0 Å². The Morgan fingerprint density at radius 3 is 2.34 bits per heavy atom. The van der Waals surface area contributed by atoms with Crippen molar-refractivity contribution in [1.29, 1.82) is 0 Å². The first-order chi connectivity index (χ1) is 13.5. The molecule has 152 valence electrons. The second kappa shape index (κ2) is 7.82. The van der Waals surface area contributed by atoms with Gasteiger partial charge in [-0.1, -0.05) is 6.07 Å². The third-order valence-electron chi connectivity index (χ3n) is 4.63. The van der Waals surface area contributed by atoms with Crippen LogP contribution in [0.4, 0.5) is 4.39 Å². The summed E-state index contributed by atoms with van der Waals surface area (Å²) in [6.45, 7) is 11.7. The lowest BCUT2D eigenvalue weighted by Gasteiger charge is -2.21. The zero-order chi connectivity index (χ0) is 21.3. The molecule has 0 aliphatic carbocycles. The molecule has 1 aromatic heterocycles. The highest BCUT2D eigenvalue weighted by atomic mass is 19.1. The number of nitrogens with zero attached hydrogens (tertiary/aromatic N) is 2. The van der Waals surface area contributed by atoms with Crippen LogP contribution in [0.2, 0.25) is 0 Å². The molecule has 0 saturated carbocycles. The zero-order valence-corrected chi connectivity index (χ0v) is 17.9. The first-order valence-electron chi connectivity index (χ1n) is 9.83. The van der Waals surface area contributed by atoms with Crippen LogP contribution in [-0.2, 0) is 0 Å². The molecule has 3 aromatic rings. The van der Waals surface area contributed by atoms with E-state index < -0.39 is 0 Å². The van der Waals surface area contributed by atoms with Crippen molar-refractivity contribution in [3.05, 3.63) is 65.6 Å². The molecule has 0 unspecified atom stereocenters. The minimum Gasteiger partial charge on any atom is -0.347 e. The molecule has 3 rings (SSSR count). The molecule has 29 heavy (non-hydrogen) atoms. The van der Waals surface area contributed by atoms with Crippen LogP contribution in [0.1, 0.15) is 56.6 Å². The Labute approximate surface area is 171 Å². The molecular formula is C24H28FN3O. The van der Waals surface area contributed by atoms with E-state index in [0.29, 0.717) is 11.1 Å². The maximum Gasteiger partial charge on any atom is 0.251 e. The van der Waals surface area contributed by atoms with Crippen LogP contribution in [0.15, 0.2) is 48.7 Å². The third kappa shape index (κ3) is 4.73. The van der Waals surface area contributed by atoms with Crippen molar-refractivity contribution in [2.45, 2.75) is 53.1 Å².